The largest absolute Gasteiger partial charge is 0.456 e. The van der Waals surface area contributed by atoms with Crippen molar-refractivity contribution >= 4 is 29.2 Å². The van der Waals surface area contributed by atoms with Crippen LogP contribution in [0.4, 0.5) is 0 Å². The Kier molecular flexibility index (Phi) is 8.74. The van der Waals surface area contributed by atoms with Crippen LogP contribution in [0.25, 0.3) is 0 Å². The number of pyridine rings is 1. The fraction of sp³-hybridized carbons (Fsp3) is 0.400. The summed E-state index contributed by atoms with van der Waals surface area (Å²) in [5, 5.41) is 0.602. The molecule has 0 unspecified atom stereocenters. The van der Waals surface area contributed by atoms with E-state index in [1.807, 2.05) is 32.9 Å². The minimum atomic E-state index is -0.548. The van der Waals surface area contributed by atoms with Crippen molar-refractivity contribution in [1.29, 1.82) is 0 Å². The van der Waals surface area contributed by atoms with Crippen molar-refractivity contribution in [2.24, 2.45) is 0 Å². The third-order valence-electron chi connectivity index (χ3n) is 5.96. The number of esters is 1. The fourth-order valence-electron chi connectivity index (χ4n) is 3.97. The second-order valence-corrected chi connectivity index (χ2v) is 12.0. The van der Waals surface area contributed by atoms with Gasteiger partial charge in [0.25, 0.3) is 5.56 Å². The third-order valence-corrected chi connectivity index (χ3v) is 6.56. The number of nitrogens with zero attached hydrogens (tertiary/aromatic N) is 1. The van der Waals surface area contributed by atoms with E-state index >= 15 is 0 Å². The van der Waals surface area contributed by atoms with E-state index in [1.54, 1.807) is 22.8 Å². The molecule has 0 atom stereocenters. The standard InChI is InChI=1S/C30H35Cl2NO3/c1-29(2,3)23-9-7-8-21(18-23)12-15-26-24(31)19-25(32)27(34)33(26)17-16-20-10-13-22(14-11-20)28(35)36-30(4,5)6/h7-11,13-14,18-19H,12,15-17H2,1-6H3. The van der Waals surface area contributed by atoms with E-state index in [1.165, 1.54) is 11.1 Å². The summed E-state index contributed by atoms with van der Waals surface area (Å²) >= 11 is 12.8. The number of aromatic nitrogens is 1. The first kappa shape index (κ1) is 28.0. The first-order chi connectivity index (χ1) is 16.7. The van der Waals surface area contributed by atoms with Crippen LogP contribution in [0.15, 0.2) is 59.4 Å². The fourth-order valence-corrected chi connectivity index (χ4v) is 4.54. The molecule has 0 spiro atoms. The van der Waals surface area contributed by atoms with E-state index in [4.69, 9.17) is 27.9 Å². The highest BCUT2D eigenvalue weighted by Crippen LogP contribution is 2.25. The van der Waals surface area contributed by atoms with Crippen LogP contribution in [0.2, 0.25) is 10.0 Å². The zero-order valence-corrected chi connectivity index (χ0v) is 23.5. The van der Waals surface area contributed by atoms with Gasteiger partial charge in [0.1, 0.15) is 10.6 Å². The Morgan fingerprint density at radius 1 is 0.833 bits per heavy atom. The Balaban J connectivity index is 1.77. The van der Waals surface area contributed by atoms with Crippen LogP contribution in [-0.4, -0.2) is 16.1 Å². The number of carbonyl (C=O) groups is 1. The van der Waals surface area contributed by atoms with Crippen LogP contribution >= 0.6 is 23.2 Å². The van der Waals surface area contributed by atoms with Gasteiger partial charge in [-0.05, 0) is 80.3 Å². The Bertz CT molecular complexity index is 1280. The summed E-state index contributed by atoms with van der Waals surface area (Å²) < 4.78 is 7.11. The highest BCUT2D eigenvalue weighted by atomic mass is 35.5. The number of hydrogen-bond donors (Lipinski definition) is 0. The van der Waals surface area contributed by atoms with Gasteiger partial charge in [-0.3, -0.25) is 4.79 Å². The van der Waals surface area contributed by atoms with E-state index < -0.39 is 5.60 Å². The average molecular weight is 529 g/mol. The van der Waals surface area contributed by atoms with Gasteiger partial charge in [0.2, 0.25) is 0 Å². The lowest BCUT2D eigenvalue weighted by atomic mass is 9.86. The molecule has 1 heterocycles. The van der Waals surface area contributed by atoms with Crippen LogP contribution < -0.4 is 5.56 Å². The summed E-state index contributed by atoms with van der Waals surface area (Å²) in [5.74, 6) is -0.357. The van der Waals surface area contributed by atoms with Crippen molar-refractivity contribution in [3.63, 3.8) is 0 Å². The van der Waals surface area contributed by atoms with Crippen LogP contribution in [0.5, 0.6) is 0 Å². The smallest absolute Gasteiger partial charge is 0.338 e. The molecule has 0 aliphatic rings. The summed E-state index contributed by atoms with van der Waals surface area (Å²) in [5.41, 5.74) is 4.01. The number of carbonyl (C=O) groups excluding carboxylic acids is 1. The average Bonchev–Trinajstić information content (AvgIpc) is 2.78. The molecule has 0 aliphatic carbocycles. The predicted octanol–water partition coefficient (Wildman–Crippen LogP) is 7.44. The maximum absolute atomic E-state index is 12.9. The molecular weight excluding hydrogens is 493 g/mol. The molecule has 0 saturated carbocycles. The third kappa shape index (κ3) is 7.47. The number of halogens is 2. The van der Waals surface area contributed by atoms with Gasteiger partial charge < -0.3 is 9.30 Å². The van der Waals surface area contributed by atoms with E-state index in [-0.39, 0.29) is 22.0 Å². The quantitative estimate of drug-likeness (QED) is 0.300. The molecule has 192 valence electrons. The minimum Gasteiger partial charge on any atom is -0.456 e. The minimum absolute atomic E-state index is 0.0645. The van der Waals surface area contributed by atoms with Crippen molar-refractivity contribution in [3.05, 3.63) is 103 Å². The lowest BCUT2D eigenvalue weighted by molar-refractivity contribution is 0.00695. The molecule has 0 aliphatic heterocycles. The van der Waals surface area contributed by atoms with E-state index in [2.05, 4.69) is 45.0 Å². The van der Waals surface area contributed by atoms with Gasteiger partial charge in [0.05, 0.1) is 10.6 Å². The van der Waals surface area contributed by atoms with Crippen molar-refractivity contribution in [3.8, 4) is 0 Å². The summed E-state index contributed by atoms with van der Waals surface area (Å²) in [7, 11) is 0. The lowest BCUT2D eigenvalue weighted by Gasteiger charge is -2.20. The number of ether oxygens (including phenoxy) is 1. The molecule has 3 aromatic rings. The topological polar surface area (TPSA) is 48.3 Å². The van der Waals surface area contributed by atoms with Crippen molar-refractivity contribution in [2.75, 3.05) is 0 Å². The van der Waals surface area contributed by atoms with Gasteiger partial charge in [-0.1, -0.05) is 80.4 Å². The monoisotopic (exact) mass is 527 g/mol. The Hall–Kier alpha value is -2.56. The molecule has 3 rings (SSSR count). The second-order valence-electron chi connectivity index (χ2n) is 11.1. The maximum Gasteiger partial charge on any atom is 0.338 e. The molecule has 0 radical (unpaired) electrons. The molecule has 0 fully saturated rings. The Morgan fingerprint density at radius 2 is 1.50 bits per heavy atom. The van der Waals surface area contributed by atoms with Gasteiger partial charge in [0, 0.05) is 12.2 Å². The molecule has 2 aromatic carbocycles. The second kappa shape index (κ2) is 11.2. The van der Waals surface area contributed by atoms with Crippen molar-refractivity contribution < 1.29 is 9.53 Å². The van der Waals surface area contributed by atoms with Crippen LogP contribution in [0.3, 0.4) is 0 Å². The van der Waals surface area contributed by atoms with Crippen LogP contribution in [0, 0.1) is 0 Å². The van der Waals surface area contributed by atoms with Gasteiger partial charge in [-0.25, -0.2) is 4.79 Å². The predicted molar refractivity (Wildman–Crippen MR) is 149 cm³/mol. The first-order valence-electron chi connectivity index (χ1n) is 12.2. The zero-order valence-electron chi connectivity index (χ0n) is 22.0. The van der Waals surface area contributed by atoms with Gasteiger partial charge in [-0.2, -0.15) is 0 Å². The Morgan fingerprint density at radius 3 is 2.11 bits per heavy atom. The van der Waals surface area contributed by atoms with Gasteiger partial charge >= 0.3 is 5.97 Å². The van der Waals surface area contributed by atoms with Crippen molar-refractivity contribution in [2.45, 2.75) is 78.4 Å². The summed E-state index contributed by atoms with van der Waals surface area (Å²) in [6.07, 6.45) is 1.98. The highest BCUT2D eigenvalue weighted by molar-refractivity contribution is 6.34. The van der Waals surface area contributed by atoms with E-state index in [9.17, 15) is 9.59 Å². The SMILES string of the molecule is CC(C)(C)OC(=O)c1ccc(CCn2c(CCc3cccc(C(C)(C)C)c3)c(Cl)cc(Cl)c2=O)cc1. The van der Waals surface area contributed by atoms with Gasteiger partial charge in [0.15, 0.2) is 0 Å². The molecule has 6 heteroatoms. The number of hydrogen-bond acceptors (Lipinski definition) is 3. The summed E-state index contributed by atoms with van der Waals surface area (Å²) in [6, 6.07) is 17.4. The molecule has 36 heavy (non-hydrogen) atoms. The number of rotatable bonds is 7. The zero-order chi connectivity index (χ0) is 26.7. The first-order valence-corrected chi connectivity index (χ1v) is 13.0. The maximum atomic E-state index is 12.9. The lowest BCUT2D eigenvalue weighted by Crippen LogP contribution is -2.26. The van der Waals surface area contributed by atoms with E-state index in [0.717, 1.165) is 17.7 Å². The molecule has 0 bridgehead atoms. The Labute approximate surface area is 224 Å². The van der Waals surface area contributed by atoms with E-state index in [0.29, 0.717) is 30.0 Å². The molecule has 0 saturated heterocycles. The molecule has 1 aromatic heterocycles. The summed E-state index contributed by atoms with van der Waals surface area (Å²) in [6.45, 7) is 12.5. The number of aryl methyl sites for hydroxylation is 2. The van der Waals surface area contributed by atoms with Crippen LogP contribution in [-0.2, 0) is 36.0 Å². The molecular formula is C30H35Cl2NO3. The normalized spacial score (nSPS) is 12.0. The molecule has 4 nitrogen and oxygen atoms in total. The highest BCUT2D eigenvalue weighted by Gasteiger charge is 2.18. The number of benzene rings is 2. The summed E-state index contributed by atoms with van der Waals surface area (Å²) in [4.78, 5) is 25.2. The van der Waals surface area contributed by atoms with Crippen molar-refractivity contribution in [1.82, 2.24) is 4.57 Å². The van der Waals surface area contributed by atoms with Gasteiger partial charge in [-0.15, -0.1) is 0 Å². The molecule has 0 N–H and O–H groups in total. The van der Waals surface area contributed by atoms with Crippen LogP contribution in [0.1, 0.15) is 74.3 Å². The molecule has 0 amide bonds.